The smallest absolute Gasteiger partial charge is 0.264 e. The molecular formula is C27H28Cl2FN3O4S. The van der Waals surface area contributed by atoms with Gasteiger partial charge in [-0.3, -0.25) is 13.9 Å². The first-order valence-electron chi connectivity index (χ1n) is 11.9. The number of para-hydroxylation sites is 1. The van der Waals surface area contributed by atoms with Gasteiger partial charge in [0.1, 0.15) is 18.4 Å². The average molecular weight is 581 g/mol. The molecule has 0 fully saturated rings. The predicted molar refractivity (Wildman–Crippen MR) is 147 cm³/mol. The highest BCUT2D eigenvalue weighted by Gasteiger charge is 2.34. The third kappa shape index (κ3) is 6.83. The Kier molecular flexibility index (Phi) is 10.1. The lowest BCUT2D eigenvalue weighted by Gasteiger charge is -2.33. The molecule has 3 rings (SSSR count). The van der Waals surface area contributed by atoms with Crippen LogP contribution in [-0.4, -0.2) is 44.3 Å². The van der Waals surface area contributed by atoms with E-state index >= 15 is 0 Å². The zero-order valence-corrected chi connectivity index (χ0v) is 23.2. The van der Waals surface area contributed by atoms with E-state index in [1.807, 2.05) is 0 Å². The highest BCUT2D eigenvalue weighted by atomic mass is 35.5. The van der Waals surface area contributed by atoms with E-state index in [2.05, 4.69) is 5.32 Å². The van der Waals surface area contributed by atoms with Crippen LogP contribution in [0.1, 0.15) is 25.8 Å². The van der Waals surface area contributed by atoms with E-state index in [0.717, 1.165) is 28.6 Å². The van der Waals surface area contributed by atoms with Crippen LogP contribution >= 0.6 is 23.2 Å². The van der Waals surface area contributed by atoms with Crippen molar-refractivity contribution in [3.63, 3.8) is 0 Å². The zero-order valence-electron chi connectivity index (χ0n) is 20.9. The van der Waals surface area contributed by atoms with E-state index < -0.39 is 34.3 Å². The van der Waals surface area contributed by atoms with Gasteiger partial charge in [0, 0.05) is 28.7 Å². The van der Waals surface area contributed by atoms with Gasteiger partial charge in [-0.2, -0.15) is 0 Å². The summed E-state index contributed by atoms with van der Waals surface area (Å²) >= 11 is 12.7. The van der Waals surface area contributed by atoms with Crippen molar-refractivity contribution >= 4 is 50.7 Å². The van der Waals surface area contributed by atoms with E-state index in [1.165, 1.54) is 4.90 Å². The number of amides is 2. The number of anilines is 1. The summed E-state index contributed by atoms with van der Waals surface area (Å²) in [6, 6.07) is 16.4. The summed E-state index contributed by atoms with van der Waals surface area (Å²) in [4.78, 5) is 27.9. The minimum atomic E-state index is -4.29. The van der Waals surface area contributed by atoms with Gasteiger partial charge in [-0.05, 0) is 61.9 Å². The summed E-state index contributed by atoms with van der Waals surface area (Å²) in [5.41, 5.74) is 0.659. The number of likely N-dealkylation sites (N-methyl/N-ethyl adjacent to an activating group) is 1. The molecule has 0 aromatic heterocycles. The summed E-state index contributed by atoms with van der Waals surface area (Å²) in [5, 5.41) is 3.34. The maximum atomic E-state index is 13.9. The van der Waals surface area contributed by atoms with Crippen molar-refractivity contribution in [1.29, 1.82) is 0 Å². The van der Waals surface area contributed by atoms with Gasteiger partial charge in [0.25, 0.3) is 10.0 Å². The Balaban J connectivity index is 2.07. The number of hydrogen-bond acceptors (Lipinski definition) is 4. The second-order valence-corrected chi connectivity index (χ2v) is 11.0. The highest BCUT2D eigenvalue weighted by Crippen LogP contribution is 2.28. The van der Waals surface area contributed by atoms with Gasteiger partial charge in [-0.25, -0.2) is 12.8 Å². The van der Waals surface area contributed by atoms with Gasteiger partial charge in [-0.15, -0.1) is 0 Å². The fraction of sp³-hybridized carbons (Fsp3) is 0.259. The topological polar surface area (TPSA) is 86.8 Å². The molecule has 1 N–H and O–H groups in total. The van der Waals surface area contributed by atoms with Gasteiger partial charge in [0.15, 0.2) is 0 Å². The first kappa shape index (κ1) is 29.4. The van der Waals surface area contributed by atoms with Gasteiger partial charge >= 0.3 is 0 Å². The van der Waals surface area contributed by atoms with Crippen molar-refractivity contribution in [3.8, 4) is 0 Å². The van der Waals surface area contributed by atoms with E-state index in [-0.39, 0.29) is 29.5 Å². The Bertz CT molecular complexity index is 1350. The lowest BCUT2D eigenvalue weighted by Crippen LogP contribution is -2.52. The van der Waals surface area contributed by atoms with Crippen molar-refractivity contribution < 1.29 is 22.4 Å². The Morgan fingerprint density at radius 2 is 1.53 bits per heavy atom. The molecule has 38 heavy (non-hydrogen) atoms. The Labute approximate surface area is 232 Å². The number of nitrogens with one attached hydrogen (secondary N) is 1. The zero-order chi connectivity index (χ0) is 27.9. The summed E-state index contributed by atoms with van der Waals surface area (Å²) in [6.45, 7) is 3.11. The number of hydrogen-bond donors (Lipinski definition) is 1. The molecule has 3 aromatic carbocycles. The van der Waals surface area contributed by atoms with Crippen LogP contribution in [0.5, 0.6) is 0 Å². The molecule has 202 valence electrons. The Morgan fingerprint density at radius 1 is 0.921 bits per heavy atom. The van der Waals surface area contributed by atoms with Gasteiger partial charge < -0.3 is 10.2 Å². The van der Waals surface area contributed by atoms with Crippen LogP contribution in [-0.2, 0) is 26.2 Å². The predicted octanol–water partition coefficient (Wildman–Crippen LogP) is 5.27. The number of nitrogens with zero attached hydrogens (tertiary/aromatic N) is 2. The first-order chi connectivity index (χ1) is 18.1. The monoisotopic (exact) mass is 579 g/mol. The number of sulfonamides is 1. The summed E-state index contributed by atoms with van der Waals surface area (Å²) in [5.74, 6) is -1.63. The number of halogens is 3. The van der Waals surface area contributed by atoms with Gasteiger partial charge in [0.05, 0.1) is 10.6 Å². The SMILES string of the molecule is CCNC(=O)C(CC)N(Cc1c(Cl)cccc1Cl)C(=O)CN(c1ccccc1)S(=O)(=O)c1ccc(F)cc1. The van der Waals surface area contributed by atoms with Crippen molar-refractivity contribution in [2.24, 2.45) is 0 Å². The standard InChI is InChI=1S/C27H28Cl2FN3O4S/c1-3-25(27(35)31-4-2)32(17-22-23(28)11-8-12-24(22)29)26(34)18-33(20-9-6-5-7-10-20)38(36,37)21-15-13-19(30)14-16-21/h5-16,25H,3-4,17-18H2,1-2H3,(H,31,35). The molecule has 2 amide bonds. The van der Waals surface area contributed by atoms with Crippen LogP contribution in [0.4, 0.5) is 10.1 Å². The second-order valence-electron chi connectivity index (χ2n) is 8.34. The summed E-state index contributed by atoms with van der Waals surface area (Å²) in [6.07, 6.45) is 0.260. The highest BCUT2D eigenvalue weighted by molar-refractivity contribution is 7.92. The van der Waals surface area contributed by atoms with Crippen LogP contribution in [0.3, 0.4) is 0 Å². The number of carbonyl (C=O) groups excluding carboxylic acids is 2. The largest absolute Gasteiger partial charge is 0.355 e. The quantitative estimate of drug-likeness (QED) is 0.335. The van der Waals surface area contributed by atoms with Crippen molar-refractivity contribution in [2.45, 2.75) is 37.8 Å². The molecule has 3 aromatic rings. The molecule has 0 bridgehead atoms. The number of rotatable bonds is 11. The molecule has 0 aliphatic rings. The minimum absolute atomic E-state index is 0.119. The lowest BCUT2D eigenvalue weighted by molar-refractivity contribution is -0.140. The van der Waals surface area contributed by atoms with Gasteiger partial charge in [0.2, 0.25) is 11.8 Å². The van der Waals surface area contributed by atoms with Crippen LogP contribution in [0, 0.1) is 5.82 Å². The second kappa shape index (κ2) is 13.1. The van der Waals surface area contributed by atoms with E-state index in [4.69, 9.17) is 23.2 Å². The Hall–Kier alpha value is -3.14. The molecule has 0 aliphatic carbocycles. The van der Waals surface area contributed by atoms with Crippen LogP contribution in [0.25, 0.3) is 0 Å². The molecule has 1 unspecified atom stereocenters. The van der Waals surface area contributed by atoms with Crippen molar-refractivity contribution in [3.05, 3.63) is 94.2 Å². The molecule has 0 spiro atoms. The molecule has 1 atom stereocenters. The minimum Gasteiger partial charge on any atom is -0.355 e. The molecule has 0 radical (unpaired) electrons. The number of carbonyl (C=O) groups is 2. The van der Waals surface area contributed by atoms with Gasteiger partial charge in [-0.1, -0.05) is 54.4 Å². The normalized spacial score (nSPS) is 12.0. The third-order valence-electron chi connectivity index (χ3n) is 5.85. The van der Waals surface area contributed by atoms with Crippen LogP contribution in [0.2, 0.25) is 10.0 Å². The maximum Gasteiger partial charge on any atom is 0.264 e. The fourth-order valence-corrected chi connectivity index (χ4v) is 5.85. The Morgan fingerprint density at radius 3 is 2.08 bits per heavy atom. The molecule has 0 saturated heterocycles. The fourth-order valence-electron chi connectivity index (χ4n) is 3.92. The van der Waals surface area contributed by atoms with E-state index in [9.17, 15) is 22.4 Å². The average Bonchev–Trinajstić information content (AvgIpc) is 2.89. The molecule has 11 heteroatoms. The molecule has 7 nitrogen and oxygen atoms in total. The first-order valence-corrected chi connectivity index (χ1v) is 14.1. The lowest BCUT2D eigenvalue weighted by atomic mass is 10.1. The van der Waals surface area contributed by atoms with E-state index in [0.29, 0.717) is 22.2 Å². The molecular weight excluding hydrogens is 552 g/mol. The molecule has 0 saturated carbocycles. The summed E-state index contributed by atoms with van der Waals surface area (Å²) < 4.78 is 41.8. The van der Waals surface area contributed by atoms with Crippen LogP contribution in [0.15, 0.2) is 77.7 Å². The number of benzene rings is 3. The molecule has 0 heterocycles. The molecule has 0 aliphatic heterocycles. The van der Waals surface area contributed by atoms with Crippen molar-refractivity contribution in [1.82, 2.24) is 10.2 Å². The van der Waals surface area contributed by atoms with Crippen LogP contribution < -0.4 is 9.62 Å². The third-order valence-corrected chi connectivity index (χ3v) is 8.35. The van der Waals surface area contributed by atoms with Crippen molar-refractivity contribution in [2.75, 3.05) is 17.4 Å². The maximum absolute atomic E-state index is 13.9. The summed E-state index contributed by atoms with van der Waals surface area (Å²) in [7, 11) is -4.29. The van der Waals surface area contributed by atoms with E-state index in [1.54, 1.807) is 62.4 Å².